The summed E-state index contributed by atoms with van der Waals surface area (Å²) >= 11 is 5.77. The van der Waals surface area contributed by atoms with Gasteiger partial charge in [0.25, 0.3) is 5.56 Å². The Balaban J connectivity index is 1.57. The second kappa shape index (κ2) is 11.6. The van der Waals surface area contributed by atoms with Crippen LogP contribution in [0.2, 0.25) is 0 Å². The van der Waals surface area contributed by atoms with Crippen molar-refractivity contribution in [2.75, 3.05) is 33.9 Å². The number of nitrogens with one attached hydrogen (secondary N) is 2. The van der Waals surface area contributed by atoms with E-state index < -0.39 is 0 Å². The van der Waals surface area contributed by atoms with Crippen molar-refractivity contribution in [1.29, 1.82) is 0 Å². The quantitative estimate of drug-likeness (QED) is 0.435. The van der Waals surface area contributed by atoms with Crippen LogP contribution < -0.4 is 20.3 Å². The van der Waals surface area contributed by atoms with Gasteiger partial charge in [-0.1, -0.05) is 29.8 Å². The molecular weight excluding hydrogens is 462 g/mol. The Morgan fingerprint density at radius 1 is 1.20 bits per heavy atom. The number of rotatable bonds is 9. The molecule has 1 atom stereocenters. The van der Waals surface area contributed by atoms with E-state index in [1.165, 1.54) is 11.1 Å². The summed E-state index contributed by atoms with van der Waals surface area (Å²) < 4.78 is 16.5. The lowest BCUT2D eigenvalue weighted by atomic mass is 10.1. The summed E-state index contributed by atoms with van der Waals surface area (Å²) in [4.78, 5) is 18.0. The number of H-pyrrole nitrogens is 1. The fraction of sp³-hybridized carbons (Fsp3) is 0.407. The fourth-order valence-electron chi connectivity index (χ4n) is 4.40. The minimum absolute atomic E-state index is 0.146. The average molecular weight is 496 g/mol. The van der Waals surface area contributed by atoms with E-state index in [9.17, 15) is 4.79 Å². The van der Waals surface area contributed by atoms with Crippen molar-refractivity contribution < 1.29 is 14.2 Å². The minimum Gasteiger partial charge on any atom is -0.493 e. The maximum Gasteiger partial charge on any atom is 0.253 e. The molecule has 2 N–H and O–H groups in total. The number of aromatic amines is 1. The molecule has 1 aliphatic heterocycles. The third kappa shape index (κ3) is 6.32. The molecule has 0 bridgehead atoms. The Morgan fingerprint density at radius 3 is 2.71 bits per heavy atom. The van der Waals surface area contributed by atoms with Gasteiger partial charge >= 0.3 is 0 Å². The standard InChI is InChI=1S/C27H33N3O4S/c1-18-6-4-7-19(12-18)9-10-30(27(35)28-16-22-8-5-11-34-22)17-21-13-20-14-24(32-2)25(33-3)15-23(20)29-26(21)31/h4,6-7,12-15,22H,5,8-11,16-17H2,1-3H3,(H,28,35)(H,29,31)/t22-/m0/s1. The third-order valence-electron chi connectivity index (χ3n) is 6.33. The lowest BCUT2D eigenvalue weighted by molar-refractivity contribution is 0.113. The second-order valence-corrected chi connectivity index (χ2v) is 9.29. The maximum atomic E-state index is 13.0. The highest BCUT2D eigenvalue weighted by atomic mass is 32.1. The molecule has 35 heavy (non-hydrogen) atoms. The first-order chi connectivity index (χ1) is 17.0. The predicted octanol–water partition coefficient (Wildman–Crippen LogP) is 3.95. The molecule has 3 aromatic rings. The monoisotopic (exact) mass is 495 g/mol. The van der Waals surface area contributed by atoms with Crippen LogP contribution in [0.4, 0.5) is 0 Å². The molecule has 0 amide bonds. The molecule has 186 valence electrons. The van der Waals surface area contributed by atoms with Gasteiger partial charge in [-0.2, -0.15) is 0 Å². The molecule has 1 fully saturated rings. The van der Waals surface area contributed by atoms with Crippen molar-refractivity contribution in [3.63, 3.8) is 0 Å². The third-order valence-corrected chi connectivity index (χ3v) is 6.73. The number of pyridine rings is 1. The van der Waals surface area contributed by atoms with Crippen LogP contribution in [0, 0.1) is 6.92 Å². The van der Waals surface area contributed by atoms with Crippen molar-refractivity contribution in [2.45, 2.75) is 38.8 Å². The lowest BCUT2D eigenvalue weighted by Crippen LogP contribution is -2.43. The molecule has 8 heteroatoms. The topological polar surface area (TPSA) is 75.8 Å². The molecule has 4 rings (SSSR count). The van der Waals surface area contributed by atoms with Gasteiger partial charge in [-0.05, 0) is 56.1 Å². The zero-order valence-corrected chi connectivity index (χ0v) is 21.4. The van der Waals surface area contributed by atoms with Crippen molar-refractivity contribution in [3.8, 4) is 11.5 Å². The number of aromatic nitrogens is 1. The minimum atomic E-state index is -0.146. The van der Waals surface area contributed by atoms with E-state index in [1.54, 1.807) is 20.3 Å². The van der Waals surface area contributed by atoms with Crippen molar-refractivity contribution >= 4 is 28.2 Å². The van der Waals surface area contributed by atoms with Gasteiger partial charge in [0, 0.05) is 36.7 Å². The normalized spacial score (nSPS) is 15.2. The second-order valence-electron chi connectivity index (χ2n) is 8.90. The van der Waals surface area contributed by atoms with Gasteiger partial charge in [-0.3, -0.25) is 4.79 Å². The summed E-state index contributed by atoms with van der Waals surface area (Å²) in [5, 5.41) is 4.86. The summed E-state index contributed by atoms with van der Waals surface area (Å²) in [7, 11) is 3.17. The highest BCUT2D eigenvalue weighted by Gasteiger charge is 2.19. The number of aryl methyl sites for hydroxylation is 1. The Labute approximate surface area is 211 Å². The Kier molecular flexibility index (Phi) is 8.25. The molecule has 1 aromatic heterocycles. The molecule has 2 heterocycles. The summed E-state index contributed by atoms with van der Waals surface area (Å²) in [6, 6.07) is 14.0. The van der Waals surface area contributed by atoms with Crippen LogP contribution in [0.3, 0.4) is 0 Å². The Hall–Kier alpha value is -3.10. The maximum absolute atomic E-state index is 13.0. The van der Waals surface area contributed by atoms with Crippen LogP contribution in [0.25, 0.3) is 10.9 Å². The van der Waals surface area contributed by atoms with Gasteiger partial charge in [0.15, 0.2) is 16.6 Å². The lowest BCUT2D eigenvalue weighted by Gasteiger charge is -2.27. The molecule has 0 spiro atoms. The van der Waals surface area contributed by atoms with Gasteiger partial charge in [-0.15, -0.1) is 0 Å². The van der Waals surface area contributed by atoms with Gasteiger partial charge in [0.1, 0.15) is 0 Å². The van der Waals surface area contributed by atoms with E-state index in [0.29, 0.717) is 47.3 Å². The number of hydrogen-bond donors (Lipinski definition) is 2. The Morgan fingerprint density at radius 2 is 2.00 bits per heavy atom. The van der Waals surface area contributed by atoms with Gasteiger partial charge in [-0.25, -0.2) is 0 Å². The molecule has 7 nitrogen and oxygen atoms in total. The molecular formula is C27H33N3O4S. The van der Waals surface area contributed by atoms with Gasteiger partial charge < -0.3 is 29.4 Å². The van der Waals surface area contributed by atoms with Crippen LogP contribution in [0.5, 0.6) is 11.5 Å². The number of thiocarbonyl (C=S) groups is 1. The predicted molar refractivity (Wildman–Crippen MR) is 143 cm³/mol. The van der Waals surface area contributed by atoms with E-state index in [1.807, 2.05) is 12.1 Å². The van der Waals surface area contributed by atoms with Gasteiger partial charge in [0.05, 0.1) is 32.4 Å². The largest absolute Gasteiger partial charge is 0.493 e. The van der Waals surface area contributed by atoms with Crippen LogP contribution in [0.15, 0.2) is 47.3 Å². The van der Waals surface area contributed by atoms with E-state index in [0.717, 1.165) is 31.3 Å². The zero-order valence-electron chi connectivity index (χ0n) is 20.6. The molecule has 2 aromatic carbocycles. The van der Waals surface area contributed by atoms with Crippen LogP contribution in [0.1, 0.15) is 29.5 Å². The average Bonchev–Trinajstić information content (AvgIpc) is 3.38. The van der Waals surface area contributed by atoms with Crippen LogP contribution in [-0.4, -0.2) is 55.0 Å². The number of benzene rings is 2. The number of ether oxygens (including phenoxy) is 3. The molecule has 1 aliphatic rings. The van der Waals surface area contributed by atoms with E-state index in [-0.39, 0.29) is 11.7 Å². The zero-order chi connectivity index (χ0) is 24.8. The van der Waals surface area contributed by atoms with Crippen LogP contribution >= 0.6 is 12.2 Å². The first-order valence-corrected chi connectivity index (χ1v) is 12.4. The summed E-state index contributed by atoms with van der Waals surface area (Å²) in [5.41, 5.74) is 3.65. The SMILES string of the molecule is COc1cc2cc(CN(CCc3cccc(C)c3)C(=S)NC[C@@H]3CCCO3)c(=O)[nH]c2cc1OC. The number of methoxy groups -OCH3 is 2. The Bertz CT molecular complexity index is 1240. The summed E-state index contributed by atoms with van der Waals surface area (Å²) in [6.07, 6.45) is 3.11. The van der Waals surface area contributed by atoms with E-state index in [4.69, 9.17) is 26.4 Å². The molecule has 0 radical (unpaired) electrons. The van der Waals surface area contributed by atoms with Crippen molar-refractivity contribution in [3.05, 3.63) is 69.5 Å². The smallest absolute Gasteiger partial charge is 0.253 e. The molecule has 0 unspecified atom stereocenters. The molecule has 0 aliphatic carbocycles. The number of hydrogen-bond acceptors (Lipinski definition) is 5. The van der Waals surface area contributed by atoms with E-state index in [2.05, 4.69) is 46.4 Å². The molecule has 0 saturated carbocycles. The van der Waals surface area contributed by atoms with Gasteiger partial charge in [0.2, 0.25) is 0 Å². The van der Waals surface area contributed by atoms with Crippen molar-refractivity contribution in [1.82, 2.24) is 15.2 Å². The fourth-order valence-corrected chi connectivity index (χ4v) is 4.64. The molecule has 1 saturated heterocycles. The van der Waals surface area contributed by atoms with Crippen molar-refractivity contribution in [2.24, 2.45) is 0 Å². The van der Waals surface area contributed by atoms with E-state index >= 15 is 0 Å². The first-order valence-electron chi connectivity index (χ1n) is 11.9. The van der Waals surface area contributed by atoms with Crippen LogP contribution in [-0.2, 0) is 17.7 Å². The summed E-state index contributed by atoms with van der Waals surface area (Å²) in [5.74, 6) is 1.19. The highest BCUT2D eigenvalue weighted by Crippen LogP contribution is 2.31. The first kappa shape index (κ1) is 25.0. The number of nitrogens with zero attached hydrogens (tertiary/aromatic N) is 1. The number of fused-ring (bicyclic) bond motifs is 1. The summed E-state index contributed by atoms with van der Waals surface area (Å²) in [6.45, 7) is 4.64. The highest BCUT2D eigenvalue weighted by molar-refractivity contribution is 7.80.